The summed E-state index contributed by atoms with van der Waals surface area (Å²) in [5.41, 5.74) is 5.26. The molecule has 2 rings (SSSR count). The summed E-state index contributed by atoms with van der Waals surface area (Å²) in [4.78, 5) is 15.4. The van der Waals surface area contributed by atoms with Gasteiger partial charge >= 0.3 is 11.8 Å². The van der Waals surface area contributed by atoms with Crippen molar-refractivity contribution in [1.29, 1.82) is 0 Å². The number of halogens is 2. The molecule has 0 bridgehead atoms. The number of anilines is 1. The van der Waals surface area contributed by atoms with E-state index in [1.165, 1.54) is 6.20 Å². The molecule has 1 aliphatic rings. The summed E-state index contributed by atoms with van der Waals surface area (Å²) in [6, 6.07) is 0. The number of nitrogen functional groups attached to an aromatic ring is 1. The minimum Gasteiger partial charge on any atom is -0.387 e. The smallest absolute Gasteiger partial charge is 0.380 e. The molecule has 0 radical (unpaired) electrons. The number of nitrogens with zero attached hydrogens (tertiary/aromatic N) is 2. The lowest BCUT2D eigenvalue weighted by atomic mass is 10.1. The Hall–Kier alpha value is -0.670. The molecule has 1 aliphatic heterocycles. The number of aromatic nitrogens is 2. The van der Waals surface area contributed by atoms with E-state index in [9.17, 15) is 19.6 Å². The van der Waals surface area contributed by atoms with Gasteiger partial charge in [0.2, 0.25) is 0 Å². The fourth-order valence-corrected chi connectivity index (χ4v) is 2.68. The standard InChI is InChI=1S/C10H14Cl2N3O6P/c1-4-2-15(10(18)14-8(4)13)9-7(17)6(16)5(21-9)3-20-22(11,12)19/h2,5-7,9,16-17H,3H2,1H3,(H2,13,14,18)/t5-,6?,7+,9-/m1/s1. The molecule has 22 heavy (non-hydrogen) atoms. The molecule has 1 saturated heterocycles. The van der Waals surface area contributed by atoms with E-state index in [4.69, 9.17) is 33.0 Å². The van der Waals surface area contributed by atoms with Crippen molar-refractivity contribution >= 4 is 34.4 Å². The first kappa shape index (κ1) is 17.7. The molecule has 0 spiro atoms. The summed E-state index contributed by atoms with van der Waals surface area (Å²) in [5, 5.41) is 19.9. The summed E-state index contributed by atoms with van der Waals surface area (Å²) in [5.74, 6) is 0.0550. The molecular weight excluding hydrogens is 360 g/mol. The lowest BCUT2D eigenvalue weighted by Gasteiger charge is -2.18. The Kier molecular flexibility index (Phi) is 5.18. The number of aliphatic hydroxyl groups excluding tert-OH is 2. The Morgan fingerprint density at radius 1 is 1.50 bits per heavy atom. The lowest BCUT2D eigenvalue weighted by molar-refractivity contribution is -0.0507. The van der Waals surface area contributed by atoms with E-state index >= 15 is 0 Å². The largest absolute Gasteiger partial charge is 0.387 e. The van der Waals surface area contributed by atoms with Crippen molar-refractivity contribution in [3.8, 4) is 0 Å². The first-order valence-electron chi connectivity index (χ1n) is 6.11. The summed E-state index contributed by atoms with van der Waals surface area (Å²) in [6.45, 7) is 1.20. The van der Waals surface area contributed by atoms with Crippen LogP contribution in [0.3, 0.4) is 0 Å². The van der Waals surface area contributed by atoms with Crippen LogP contribution in [0.1, 0.15) is 11.8 Å². The topological polar surface area (TPSA) is 137 Å². The van der Waals surface area contributed by atoms with Crippen LogP contribution in [0.2, 0.25) is 0 Å². The Morgan fingerprint density at radius 2 is 2.14 bits per heavy atom. The highest BCUT2D eigenvalue weighted by Gasteiger charge is 2.45. The Bertz CT molecular complexity index is 665. The fraction of sp³-hybridized carbons (Fsp3) is 0.600. The predicted molar refractivity (Wildman–Crippen MR) is 78.8 cm³/mol. The highest BCUT2D eigenvalue weighted by atomic mass is 35.9. The molecule has 124 valence electrons. The maximum Gasteiger partial charge on any atom is 0.380 e. The van der Waals surface area contributed by atoms with Crippen LogP contribution < -0.4 is 11.4 Å². The molecule has 1 aromatic heterocycles. The minimum atomic E-state index is -3.81. The number of hydrogen-bond donors (Lipinski definition) is 3. The van der Waals surface area contributed by atoms with Crippen LogP contribution in [0.15, 0.2) is 11.0 Å². The molecule has 2 heterocycles. The van der Waals surface area contributed by atoms with Gasteiger partial charge in [0.1, 0.15) is 24.1 Å². The molecule has 1 unspecified atom stereocenters. The third-order valence-electron chi connectivity index (χ3n) is 3.17. The molecular formula is C10H14Cl2N3O6P. The third kappa shape index (κ3) is 3.80. The van der Waals surface area contributed by atoms with Gasteiger partial charge in [-0.3, -0.25) is 9.13 Å². The van der Waals surface area contributed by atoms with Gasteiger partial charge < -0.3 is 25.2 Å². The second-order valence-corrected chi connectivity index (χ2v) is 9.03. The summed E-state index contributed by atoms with van der Waals surface area (Å²) >= 11 is 10.5. The minimum absolute atomic E-state index is 0.0550. The average Bonchev–Trinajstić information content (AvgIpc) is 2.68. The van der Waals surface area contributed by atoms with Gasteiger partial charge in [0.15, 0.2) is 6.23 Å². The summed E-state index contributed by atoms with van der Waals surface area (Å²) in [7, 11) is 0. The van der Waals surface area contributed by atoms with Crippen LogP contribution in [0.4, 0.5) is 5.82 Å². The zero-order valence-corrected chi connectivity index (χ0v) is 13.7. The van der Waals surface area contributed by atoms with Gasteiger partial charge in [-0.1, -0.05) is 0 Å². The molecule has 0 saturated carbocycles. The van der Waals surface area contributed by atoms with Gasteiger partial charge in [-0.05, 0) is 29.4 Å². The Balaban J connectivity index is 2.22. The van der Waals surface area contributed by atoms with Crippen LogP contribution >= 0.6 is 28.6 Å². The molecule has 9 nitrogen and oxygen atoms in total. The Morgan fingerprint density at radius 3 is 2.73 bits per heavy atom. The fourth-order valence-electron chi connectivity index (χ4n) is 2.02. The van der Waals surface area contributed by atoms with Crippen LogP contribution in [0, 0.1) is 6.92 Å². The monoisotopic (exact) mass is 373 g/mol. The third-order valence-corrected chi connectivity index (χ3v) is 4.21. The van der Waals surface area contributed by atoms with Crippen LogP contribution in [0.25, 0.3) is 0 Å². The summed E-state index contributed by atoms with van der Waals surface area (Å²) in [6.07, 6.45) is -7.55. The molecule has 1 fully saturated rings. The molecule has 4 N–H and O–H groups in total. The van der Waals surface area contributed by atoms with Crippen LogP contribution in [0.5, 0.6) is 0 Å². The van der Waals surface area contributed by atoms with Gasteiger partial charge in [0.05, 0.1) is 6.61 Å². The summed E-state index contributed by atoms with van der Waals surface area (Å²) < 4.78 is 22.1. The number of hydrogen-bond acceptors (Lipinski definition) is 8. The highest BCUT2D eigenvalue weighted by molar-refractivity contribution is 8.05. The van der Waals surface area contributed by atoms with E-state index in [1.54, 1.807) is 6.92 Å². The maximum absolute atomic E-state index is 11.8. The van der Waals surface area contributed by atoms with E-state index in [-0.39, 0.29) is 5.82 Å². The van der Waals surface area contributed by atoms with Crippen molar-refractivity contribution in [3.63, 3.8) is 0 Å². The quantitative estimate of drug-likeness (QED) is 0.643. The van der Waals surface area contributed by atoms with Crippen LogP contribution in [-0.4, -0.2) is 44.7 Å². The van der Waals surface area contributed by atoms with Crippen molar-refractivity contribution in [2.45, 2.75) is 31.5 Å². The van der Waals surface area contributed by atoms with E-state index in [0.29, 0.717) is 5.56 Å². The second-order valence-electron chi connectivity index (χ2n) is 4.76. The van der Waals surface area contributed by atoms with Gasteiger partial charge in [0, 0.05) is 11.8 Å². The van der Waals surface area contributed by atoms with E-state index in [1.807, 2.05) is 0 Å². The van der Waals surface area contributed by atoms with Gasteiger partial charge in [-0.15, -0.1) is 0 Å². The molecule has 0 aromatic carbocycles. The van der Waals surface area contributed by atoms with Gasteiger partial charge in [-0.2, -0.15) is 4.98 Å². The number of aryl methyl sites for hydroxylation is 1. The number of aliphatic hydroxyl groups is 2. The lowest BCUT2D eigenvalue weighted by Crippen LogP contribution is -2.36. The highest BCUT2D eigenvalue weighted by Crippen LogP contribution is 2.57. The van der Waals surface area contributed by atoms with Gasteiger partial charge in [0.25, 0.3) is 0 Å². The first-order valence-corrected chi connectivity index (χ1v) is 9.54. The predicted octanol–water partition coefficient (Wildman–Crippen LogP) is 0.355. The van der Waals surface area contributed by atoms with E-state index in [2.05, 4.69) is 9.51 Å². The van der Waals surface area contributed by atoms with Crippen LogP contribution in [-0.2, 0) is 13.8 Å². The molecule has 12 heteroatoms. The zero-order chi connectivity index (χ0) is 16.7. The average molecular weight is 374 g/mol. The Labute approximate surface area is 134 Å². The van der Waals surface area contributed by atoms with Crippen molar-refractivity contribution in [2.75, 3.05) is 12.3 Å². The van der Waals surface area contributed by atoms with Gasteiger partial charge in [-0.25, -0.2) is 4.79 Å². The van der Waals surface area contributed by atoms with Crippen molar-refractivity contribution in [2.24, 2.45) is 0 Å². The molecule has 0 amide bonds. The molecule has 1 aromatic rings. The normalized spacial score (nSPS) is 29.0. The molecule has 4 atom stereocenters. The molecule has 0 aliphatic carbocycles. The SMILES string of the molecule is Cc1cn([C@@H]2O[C@H](COP(=O)(Cl)Cl)C(O)[C@@H]2O)c(=O)nc1N. The zero-order valence-electron chi connectivity index (χ0n) is 11.3. The van der Waals surface area contributed by atoms with Crippen molar-refractivity contribution in [3.05, 3.63) is 22.2 Å². The second kappa shape index (κ2) is 6.45. The number of nitrogens with two attached hydrogens (primary N) is 1. The van der Waals surface area contributed by atoms with Crippen molar-refractivity contribution < 1.29 is 24.0 Å². The first-order chi connectivity index (χ1) is 10.1. The maximum atomic E-state index is 11.8. The number of rotatable bonds is 4. The number of ether oxygens (including phenoxy) is 1. The van der Waals surface area contributed by atoms with E-state index < -0.39 is 42.9 Å². The van der Waals surface area contributed by atoms with E-state index in [0.717, 1.165) is 4.57 Å². The van der Waals surface area contributed by atoms with Crippen molar-refractivity contribution in [1.82, 2.24) is 9.55 Å².